The Kier molecular flexibility index (Phi) is 6.82. The van der Waals surface area contributed by atoms with Gasteiger partial charge in [-0.2, -0.15) is 4.31 Å². The van der Waals surface area contributed by atoms with Crippen molar-refractivity contribution in [1.82, 2.24) is 19.2 Å². The van der Waals surface area contributed by atoms with Gasteiger partial charge in [0.15, 0.2) is 5.03 Å². The molecular formula is C19H27FN4O3S. The van der Waals surface area contributed by atoms with Crippen LogP contribution in [0.25, 0.3) is 0 Å². The SMILES string of the molecule is COCCCNC[C@H]1CN(S(=O)(=O)c2cn(C)cn2)C[C@@H]1c1ccc(F)cc1. The maximum Gasteiger partial charge on any atom is 0.262 e. The molecule has 0 amide bonds. The van der Waals surface area contributed by atoms with Gasteiger partial charge in [0.05, 0.1) is 6.33 Å². The molecule has 28 heavy (non-hydrogen) atoms. The number of ether oxygens (including phenoxy) is 1. The average Bonchev–Trinajstić information content (AvgIpc) is 3.30. The predicted molar refractivity (Wildman–Crippen MR) is 104 cm³/mol. The van der Waals surface area contributed by atoms with Crippen LogP contribution in [0.5, 0.6) is 0 Å². The number of aromatic nitrogens is 2. The van der Waals surface area contributed by atoms with Crippen LogP contribution in [0, 0.1) is 11.7 Å². The van der Waals surface area contributed by atoms with Gasteiger partial charge < -0.3 is 14.6 Å². The van der Waals surface area contributed by atoms with E-state index in [4.69, 9.17) is 4.74 Å². The van der Waals surface area contributed by atoms with Crippen LogP contribution in [0.1, 0.15) is 17.9 Å². The third-order valence-corrected chi connectivity index (χ3v) is 6.82. The summed E-state index contributed by atoms with van der Waals surface area (Å²) in [6, 6.07) is 6.34. The summed E-state index contributed by atoms with van der Waals surface area (Å²) in [4.78, 5) is 4.02. The van der Waals surface area contributed by atoms with Crippen molar-refractivity contribution in [3.05, 3.63) is 48.2 Å². The number of halogens is 1. The third-order valence-electron chi connectivity index (χ3n) is 5.10. The molecule has 0 aliphatic carbocycles. The summed E-state index contributed by atoms with van der Waals surface area (Å²) < 4.78 is 47.5. The first-order valence-corrected chi connectivity index (χ1v) is 10.8. The van der Waals surface area contributed by atoms with Crippen LogP contribution in [0.3, 0.4) is 0 Å². The van der Waals surface area contributed by atoms with Gasteiger partial charge in [-0.15, -0.1) is 0 Å². The molecule has 0 saturated carbocycles. The van der Waals surface area contributed by atoms with E-state index in [1.807, 2.05) is 0 Å². The normalized spacial score (nSPS) is 20.7. The van der Waals surface area contributed by atoms with Crippen molar-refractivity contribution < 1.29 is 17.5 Å². The van der Waals surface area contributed by atoms with E-state index in [1.54, 1.807) is 30.9 Å². The van der Waals surface area contributed by atoms with Gasteiger partial charge in [-0.1, -0.05) is 12.1 Å². The summed E-state index contributed by atoms with van der Waals surface area (Å²) in [5.74, 6) is -0.213. The third kappa shape index (κ3) is 4.78. The van der Waals surface area contributed by atoms with Crippen LogP contribution in [-0.2, 0) is 21.8 Å². The van der Waals surface area contributed by atoms with E-state index in [2.05, 4.69) is 10.3 Å². The highest BCUT2D eigenvalue weighted by Crippen LogP contribution is 2.35. The largest absolute Gasteiger partial charge is 0.385 e. The molecule has 1 fully saturated rings. The fourth-order valence-corrected chi connectivity index (χ4v) is 5.09. The van der Waals surface area contributed by atoms with E-state index in [0.717, 1.165) is 18.5 Å². The highest BCUT2D eigenvalue weighted by Gasteiger charge is 2.40. The molecule has 1 aromatic heterocycles. The van der Waals surface area contributed by atoms with Gasteiger partial charge in [0.2, 0.25) is 0 Å². The molecule has 0 radical (unpaired) electrons. The number of imidazole rings is 1. The lowest BCUT2D eigenvalue weighted by Gasteiger charge is -2.19. The highest BCUT2D eigenvalue weighted by molar-refractivity contribution is 7.89. The molecule has 3 rings (SSSR count). The number of rotatable bonds is 9. The van der Waals surface area contributed by atoms with E-state index in [1.165, 1.54) is 29.0 Å². The first-order valence-electron chi connectivity index (χ1n) is 9.35. The van der Waals surface area contributed by atoms with Crippen LogP contribution >= 0.6 is 0 Å². The van der Waals surface area contributed by atoms with Crippen LogP contribution in [-0.4, -0.2) is 62.2 Å². The zero-order valence-corrected chi connectivity index (χ0v) is 17.0. The Balaban J connectivity index is 1.76. The van der Waals surface area contributed by atoms with Gasteiger partial charge in [-0.25, -0.2) is 17.8 Å². The van der Waals surface area contributed by atoms with E-state index >= 15 is 0 Å². The van der Waals surface area contributed by atoms with Crippen molar-refractivity contribution >= 4 is 10.0 Å². The van der Waals surface area contributed by atoms with Crippen molar-refractivity contribution in [3.63, 3.8) is 0 Å². The van der Waals surface area contributed by atoms with Gasteiger partial charge in [-0.3, -0.25) is 0 Å². The molecule has 0 spiro atoms. The second-order valence-corrected chi connectivity index (χ2v) is 9.05. The van der Waals surface area contributed by atoms with Crippen molar-refractivity contribution in [2.45, 2.75) is 17.4 Å². The standard InChI is InChI=1S/C19H27FN4O3S/c1-23-13-19(22-14-23)28(25,26)24-11-16(10-21-8-3-9-27-2)18(12-24)15-4-6-17(20)7-5-15/h4-7,13-14,16,18,21H,3,8-12H2,1-2H3/t16-,18+/m0/s1. The second kappa shape index (κ2) is 9.13. The summed E-state index contributed by atoms with van der Waals surface area (Å²) in [6.07, 6.45) is 3.88. The van der Waals surface area contributed by atoms with Crippen LogP contribution in [0.2, 0.25) is 0 Å². The number of aryl methyl sites for hydroxylation is 1. The molecule has 1 aliphatic rings. The molecule has 7 nitrogen and oxygen atoms in total. The fraction of sp³-hybridized carbons (Fsp3) is 0.526. The molecule has 0 unspecified atom stereocenters. The Hall–Kier alpha value is -1.81. The number of nitrogens with zero attached hydrogens (tertiary/aromatic N) is 3. The Bertz CT molecular complexity index is 870. The number of benzene rings is 1. The average molecular weight is 411 g/mol. The van der Waals surface area contributed by atoms with Crippen LogP contribution in [0.15, 0.2) is 41.8 Å². The zero-order chi connectivity index (χ0) is 20.1. The Morgan fingerprint density at radius 2 is 2.04 bits per heavy atom. The molecular weight excluding hydrogens is 383 g/mol. The molecule has 9 heteroatoms. The molecule has 1 aliphatic heterocycles. The lowest BCUT2D eigenvalue weighted by atomic mass is 9.89. The van der Waals surface area contributed by atoms with Gasteiger partial charge in [0, 0.05) is 46.0 Å². The summed E-state index contributed by atoms with van der Waals surface area (Å²) in [7, 11) is -0.251. The minimum atomic E-state index is -3.66. The summed E-state index contributed by atoms with van der Waals surface area (Å²) in [5, 5.41) is 3.45. The molecule has 1 aromatic carbocycles. The van der Waals surface area contributed by atoms with Gasteiger partial charge >= 0.3 is 0 Å². The highest BCUT2D eigenvalue weighted by atomic mass is 32.2. The van der Waals surface area contributed by atoms with E-state index in [-0.39, 0.29) is 22.7 Å². The predicted octanol–water partition coefficient (Wildman–Crippen LogP) is 1.59. The van der Waals surface area contributed by atoms with E-state index < -0.39 is 10.0 Å². The number of sulfonamides is 1. The van der Waals surface area contributed by atoms with Crippen LogP contribution < -0.4 is 5.32 Å². The molecule has 1 N–H and O–H groups in total. The molecule has 1 saturated heterocycles. The van der Waals surface area contributed by atoms with Crippen molar-refractivity contribution in [3.8, 4) is 0 Å². The number of nitrogens with one attached hydrogen (secondary N) is 1. The topological polar surface area (TPSA) is 76.5 Å². The Morgan fingerprint density at radius 3 is 2.68 bits per heavy atom. The number of hydrogen-bond donors (Lipinski definition) is 1. The lowest BCUT2D eigenvalue weighted by Crippen LogP contribution is -2.31. The Labute approximate surface area is 165 Å². The summed E-state index contributed by atoms with van der Waals surface area (Å²) in [6.45, 7) is 2.92. The second-order valence-electron chi connectivity index (χ2n) is 7.17. The molecule has 0 bridgehead atoms. The minimum Gasteiger partial charge on any atom is -0.385 e. The zero-order valence-electron chi connectivity index (χ0n) is 16.2. The van der Waals surface area contributed by atoms with E-state index in [9.17, 15) is 12.8 Å². The van der Waals surface area contributed by atoms with Gasteiger partial charge in [-0.05, 0) is 43.1 Å². The monoisotopic (exact) mass is 410 g/mol. The molecule has 2 atom stereocenters. The fourth-order valence-electron chi connectivity index (χ4n) is 3.61. The van der Waals surface area contributed by atoms with Crippen molar-refractivity contribution in [1.29, 1.82) is 0 Å². The van der Waals surface area contributed by atoms with Gasteiger partial charge in [0.25, 0.3) is 10.0 Å². The van der Waals surface area contributed by atoms with Crippen molar-refractivity contribution in [2.75, 3.05) is 39.9 Å². The maximum absolute atomic E-state index is 13.3. The van der Waals surface area contributed by atoms with Gasteiger partial charge in [0.1, 0.15) is 5.82 Å². The lowest BCUT2D eigenvalue weighted by molar-refractivity contribution is 0.194. The minimum absolute atomic E-state index is 0.00554. The molecule has 2 heterocycles. The summed E-state index contributed by atoms with van der Waals surface area (Å²) in [5.41, 5.74) is 0.948. The summed E-state index contributed by atoms with van der Waals surface area (Å²) >= 11 is 0. The number of methoxy groups -OCH3 is 1. The molecule has 154 valence electrons. The quantitative estimate of drug-likeness (QED) is 0.636. The first-order chi connectivity index (χ1) is 13.4. The van der Waals surface area contributed by atoms with Crippen LogP contribution in [0.4, 0.5) is 4.39 Å². The van der Waals surface area contributed by atoms with Crippen molar-refractivity contribution in [2.24, 2.45) is 13.0 Å². The smallest absolute Gasteiger partial charge is 0.262 e. The number of hydrogen-bond acceptors (Lipinski definition) is 5. The first kappa shape index (κ1) is 20.9. The maximum atomic E-state index is 13.3. The van der Waals surface area contributed by atoms with E-state index in [0.29, 0.717) is 26.2 Å². The Morgan fingerprint density at radius 1 is 1.29 bits per heavy atom. The molecule has 2 aromatic rings.